The Kier molecular flexibility index (Phi) is 4.94. The Hall–Kier alpha value is -3.41. The molecule has 1 aromatic heterocycles. The van der Waals surface area contributed by atoms with Gasteiger partial charge in [0.1, 0.15) is 23.0 Å². The van der Waals surface area contributed by atoms with Crippen molar-refractivity contribution in [1.29, 1.82) is 0 Å². The predicted octanol–water partition coefficient (Wildman–Crippen LogP) is 5.09. The van der Waals surface area contributed by atoms with Crippen LogP contribution in [0.3, 0.4) is 0 Å². The molecule has 0 radical (unpaired) electrons. The number of ketones is 1. The highest BCUT2D eigenvalue weighted by molar-refractivity contribution is 5.97. The lowest BCUT2D eigenvalue weighted by Crippen LogP contribution is -2.29. The fourth-order valence-corrected chi connectivity index (χ4v) is 3.49. The number of benzene rings is 2. The van der Waals surface area contributed by atoms with Gasteiger partial charge in [0, 0.05) is 17.3 Å². The van der Waals surface area contributed by atoms with Crippen LogP contribution in [0.15, 0.2) is 54.9 Å². The second-order valence-corrected chi connectivity index (χ2v) is 7.85. The Bertz CT molecular complexity index is 1150. The molecule has 3 aromatic rings. The third-order valence-corrected chi connectivity index (χ3v) is 4.86. The summed E-state index contributed by atoms with van der Waals surface area (Å²) in [5.41, 5.74) is 2.77. The zero-order valence-electron chi connectivity index (χ0n) is 16.9. The van der Waals surface area contributed by atoms with Gasteiger partial charge in [0.15, 0.2) is 5.78 Å². The van der Waals surface area contributed by atoms with Crippen LogP contribution in [0.2, 0.25) is 0 Å². The lowest BCUT2D eigenvalue weighted by molar-refractivity contribution is 0.0983. The number of hydrogen-bond donors (Lipinski definition) is 0. The van der Waals surface area contributed by atoms with Crippen molar-refractivity contribution < 1.29 is 18.3 Å². The number of aryl methyl sites for hydroxylation is 1. The van der Waals surface area contributed by atoms with Crippen LogP contribution in [-0.2, 0) is 6.42 Å². The van der Waals surface area contributed by atoms with Crippen molar-refractivity contribution in [2.75, 3.05) is 0 Å². The minimum atomic E-state index is -0.883. The van der Waals surface area contributed by atoms with Gasteiger partial charge in [-0.05, 0) is 50.6 Å². The third kappa shape index (κ3) is 3.85. The zero-order chi connectivity index (χ0) is 21.5. The molecule has 0 saturated heterocycles. The van der Waals surface area contributed by atoms with Crippen molar-refractivity contribution in [3.8, 4) is 5.75 Å². The summed E-state index contributed by atoms with van der Waals surface area (Å²) in [6.45, 7) is 5.92. The largest absolute Gasteiger partial charge is 0.483 e. The number of hydrogen-bond acceptors (Lipinski definition) is 4. The van der Waals surface area contributed by atoms with E-state index in [9.17, 15) is 13.6 Å². The van der Waals surface area contributed by atoms with Crippen LogP contribution in [0.5, 0.6) is 5.75 Å². The minimum absolute atomic E-state index is 0.242. The highest BCUT2D eigenvalue weighted by Crippen LogP contribution is 2.39. The molecule has 152 valence electrons. The number of fused-ring (bicyclic) bond motifs is 1. The molecule has 1 aliphatic heterocycles. The molecule has 0 atom stereocenters. The van der Waals surface area contributed by atoms with Gasteiger partial charge in [-0.3, -0.25) is 14.8 Å². The Morgan fingerprint density at radius 1 is 1.07 bits per heavy atom. The molecule has 2 heterocycles. The molecule has 0 N–H and O–H groups in total. The number of aromatic nitrogens is 2. The number of rotatable bonds is 4. The molecular formula is C24H20F2N2O2. The van der Waals surface area contributed by atoms with Crippen molar-refractivity contribution in [1.82, 2.24) is 9.97 Å². The van der Waals surface area contributed by atoms with Gasteiger partial charge in [0.25, 0.3) is 0 Å². The molecule has 6 heteroatoms. The number of halogens is 2. The van der Waals surface area contributed by atoms with Crippen molar-refractivity contribution in [2.24, 2.45) is 0 Å². The summed E-state index contributed by atoms with van der Waals surface area (Å²) >= 11 is 0. The van der Waals surface area contributed by atoms with Crippen LogP contribution < -0.4 is 4.74 Å². The SMILES string of the molecule is Cc1ccc2c(c1)OC(C)(C)C=C2c1cnc(CC(=O)c2c(F)cccc2F)cn1. The predicted molar refractivity (Wildman–Crippen MR) is 109 cm³/mol. The van der Waals surface area contributed by atoms with Crippen LogP contribution in [0, 0.1) is 18.6 Å². The van der Waals surface area contributed by atoms with Gasteiger partial charge >= 0.3 is 0 Å². The quantitative estimate of drug-likeness (QED) is 0.566. The van der Waals surface area contributed by atoms with Crippen molar-refractivity contribution in [2.45, 2.75) is 32.8 Å². The fourth-order valence-electron chi connectivity index (χ4n) is 3.49. The van der Waals surface area contributed by atoms with Gasteiger partial charge < -0.3 is 4.74 Å². The van der Waals surface area contributed by atoms with Crippen LogP contribution in [0.4, 0.5) is 8.78 Å². The number of nitrogens with zero attached hydrogens (tertiary/aromatic N) is 2. The van der Waals surface area contributed by atoms with E-state index in [0.29, 0.717) is 11.4 Å². The molecule has 0 saturated carbocycles. The first-order chi connectivity index (χ1) is 14.2. The maximum atomic E-state index is 13.8. The van der Waals surface area contributed by atoms with E-state index >= 15 is 0 Å². The molecule has 1 aliphatic rings. The summed E-state index contributed by atoms with van der Waals surface area (Å²) < 4.78 is 33.7. The average molecular weight is 406 g/mol. The summed E-state index contributed by atoms with van der Waals surface area (Å²) in [4.78, 5) is 21.1. The van der Waals surface area contributed by atoms with Crippen LogP contribution in [0.25, 0.3) is 5.57 Å². The van der Waals surface area contributed by atoms with Crippen LogP contribution in [-0.4, -0.2) is 21.4 Å². The molecule has 30 heavy (non-hydrogen) atoms. The Morgan fingerprint density at radius 2 is 1.80 bits per heavy atom. The number of carbonyl (C=O) groups is 1. The molecule has 4 nitrogen and oxygen atoms in total. The number of Topliss-reactive ketones (excluding diaryl/α,β-unsaturated/α-hetero) is 1. The summed E-state index contributed by atoms with van der Waals surface area (Å²) in [5.74, 6) is -1.68. The van der Waals surface area contributed by atoms with E-state index in [-0.39, 0.29) is 6.42 Å². The lowest BCUT2D eigenvalue weighted by Gasteiger charge is -2.31. The van der Waals surface area contributed by atoms with E-state index in [1.807, 2.05) is 45.0 Å². The Labute approximate surface area is 173 Å². The summed E-state index contributed by atoms with van der Waals surface area (Å²) in [6, 6.07) is 9.29. The maximum Gasteiger partial charge on any atom is 0.174 e. The van der Waals surface area contributed by atoms with Crippen molar-refractivity contribution >= 4 is 11.4 Å². The molecule has 0 spiro atoms. The summed E-state index contributed by atoms with van der Waals surface area (Å²) in [7, 11) is 0. The van der Waals surface area contributed by atoms with Gasteiger partial charge in [0.05, 0.1) is 29.6 Å². The first-order valence-electron chi connectivity index (χ1n) is 9.55. The molecule has 0 aliphatic carbocycles. The van der Waals surface area contributed by atoms with Crippen molar-refractivity contribution in [3.05, 3.63) is 94.6 Å². The van der Waals surface area contributed by atoms with Gasteiger partial charge in [-0.1, -0.05) is 18.2 Å². The van der Waals surface area contributed by atoms with E-state index in [1.165, 1.54) is 12.3 Å². The van der Waals surface area contributed by atoms with Crippen LogP contribution in [0.1, 0.15) is 46.7 Å². The molecule has 0 fully saturated rings. The molecular weight excluding hydrogens is 386 g/mol. The zero-order valence-corrected chi connectivity index (χ0v) is 16.9. The molecule has 4 rings (SSSR count). The topological polar surface area (TPSA) is 52.1 Å². The Balaban J connectivity index is 1.63. The minimum Gasteiger partial charge on any atom is -0.483 e. The molecule has 0 amide bonds. The molecule has 2 aromatic carbocycles. The standard InChI is InChI=1S/C24H20F2N2O2/c1-14-7-8-16-17(11-24(2,3)30-22(16)9-14)20-13-27-15(12-28-20)10-21(29)23-18(25)5-4-6-19(23)26/h4-9,11-13H,10H2,1-3H3. The maximum absolute atomic E-state index is 13.8. The van der Waals surface area contributed by atoms with E-state index in [4.69, 9.17) is 4.74 Å². The lowest BCUT2D eigenvalue weighted by atomic mass is 9.92. The van der Waals surface area contributed by atoms with E-state index in [2.05, 4.69) is 9.97 Å². The summed E-state index contributed by atoms with van der Waals surface area (Å²) in [6.07, 6.45) is 4.77. The van der Waals surface area contributed by atoms with Gasteiger partial charge in [-0.15, -0.1) is 0 Å². The van der Waals surface area contributed by atoms with E-state index in [1.54, 1.807) is 6.20 Å². The Morgan fingerprint density at radius 3 is 2.47 bits per heavy atom. The number of carbonyl (C=O) groups excluding carboxylic acids is 1. The first kappa shape index (κ1) is 19.9. The van der Waals surface area contributed by atoms with Gasteiger partial charge in [0.2, 0.25) is 0 Å². The normalized spacial score (nSPS) is 14.5. The molecule has 0 unspecified atom stereocenters. The van der Waals surface area contributed by atoms with E-state index < -0.39 is 28.6 Å². The first-order valence-corrected chi connectivity index (χ1v) is 9.55. The second kappa shape index (κ2) is 7.44. The van der Waals surface area contributed by atoms with E-state index in [0.717, 1.165) is 34.6 Å². The fraction of sp³-hybridized carbons (Fsp3) is 0.208. The highest BCUT2D eigenvalue weighted by Gasteiger charge is 2.28. The number of ether oxygens (including phenoxy) is 1. The summed E-state index contributed by atoms with van der Waals surface area (Å²) in [5, 5.41) is 0. The van der Waals surface area contributed by atoms with Gasteiger partial charge in [-0.2, -0.15) is 0 Å². The second-order valence-electron chi connectivity index (χ2n) is 7.85. The molecule has 0 bridgehead atoms. The van der Waals surface area contributed by atoms with Crippen molar-refractivity contribution in [3.63, 3.8) is 0 Å². The highest BCUT2D eigenvalue weighted by atomic mass is 19.1. The monoisotopic (exact) mass is 406 g/mol. The van der Waals surface area contributed by atoms with Crippen LogP contribution >= 0.6 is 0 Å². The average Bonchev–Trinajstić information content (AvgIpc) is 2.67. The smallest absolute Gasteiger partial charge is 0.174 e. The third-order valence-electron chi connectivity index (χ3n) is 4.86. The van der Waals surface area contributed by atoms with Gasteiger partial charge in [-0.25, -0.2) is 8.78 Å².